The maximum Gasteiger partial charge on any atom is 0.124 e. The second-order valence-corrected chi connectivity index (χ2v) is 4.72. The molecule has 1 N–H and O–H groups in total. The van der Waals surface area contributed by atoms with Crippen LogP contribution in [-0.2, 0) is 13.6 Å². The predicted molar refractivity (Wildman–Crippen MR) is 71.5 cm³/mol. The molecule has 94 valence electrons. The van der Waals surface area contributed by atoms with Gasteiger partial charge in [-0.3, -0.25) is 0 Å². The van der Waals surface area contributed by atoms with Gasteiger partial charge in [-0.15, -0.1) is 0 Å². The molecule has 2 heterocycles. The van der Waals surface area contributed by atoms with Crippen LogP contribution in [0.4, 0.5) is 0 Å². The average Bonchev–Trinajstić information content (AvgIpc) is 2.82. The van der Waals surface area contributed by atoms with E-state index in [2.05, 4.69) is 47.4 Å². The number of hydrogen-bond acceptors (Lipinski definition) is 2. The fourth-order valence-corrected chi connectivity index (χ4v) is 2.46. The second kappa shape index (κ2) is 4.86. The van der Waals surface area contributed by atoms with Crippen molar-refractivity contribution in [3.05, 3.63) is 53.9 Å². The number of benzene rings is 1. The highest BCUT2D eigenvalue weighted by Gasteiger charge is 2.20. The van der Waals surface area contributed by atoms with Crippen molar-refractivity contribution in [1.29, 1.82) is 0 Å². The molecule has 0 amide bonds. The van der Waals surface area contributed by atoms with Gasteiger partial charge < -0.3 is 14.6 Å². The standard InChI is InChI=1S/C15H18N2O/c1-17-9-4-5-12(17)11-16-14-8-10-18-15-7-3-2-6-13(14)15/h2-7,9,14,16H,8,10-11H2,1H3. The predicted octanol–water partition coefficient (Wildman–Crippen LogP) is 2.64. The Morgan fingerprint density at radius 1 is 1.28 bits per heavy atom. The molecule has 1 aliphatic heterocycles. The van der Waals surface area contributed by atoms with Crippen LogP contribution in [0.3, 0.4) is 0 Å². The number of nitrogens with one attached hydrogen (secondary N) is 1. The molecule has 0 saturated heterocycles. The molecule has 1 unspecified atom stereocenters. The molecule has 0 bridgehead atoms. The summed E-state index contributed by atoms with van der Waals surface area (Å²) in [5.74, 6) is 1.02. The molecule has 0 saturated carbocycles. The number of aromatic nitrogens is 1. The summed E-state index contributed by atoms with van der Waals surface area (Å²) < 4.78 is 7.82. The number of ether oxygens (including phenoxy) is 1. The van der Waals surface area contributed by atoms with Gasteiger partial charge in [0, 0.05) is 43.5 Å². The summed E-state index contributed by atoms with van der Waals surface area (Å²) in [4.78, 5) is 0. The minimum atomic E-state index is 0.393. The molecule has 2 aromatic rings. The molecule has 0 radical (unpaired) electrons. The summed E-state index contributed by atoms with van der Waals surface area (Å²) in [5, 5.41) is 3.62. The van der Waals surface area contributed by atoms with Crippen LogP contribution in [0, 0.1) is 0 Å². The lowest BCUT2D eigenvalue weighted by Crippen LogP contribution is -2.27. The van der Waals surface area contributed by atoms with Gasteiger partial charge in [0.25, 0.3) is 0 Å². The van der Waals surface area contributed by atoms with Crippen LogP contribution in [0.2, 0.25) is 0 Å². The maximum atomic E-state index is 5.67. The Kier molecular flexibility index (Phi) is 3.07. The van der Waals surface area contributed by atoms with E-state index in [1.165, 1.54) is 11.3 Å². The molecule has 1 atom stereocenters. The first-order valence-electron chi connectivity index (χ1n) is 6.40. The molecule has 18 heavy (non-hydrogen) atoms. The molecular weight excluding hydrogens is 224 g/mol. The zero-order chi connectivity index (χ0) is 12.4. The number of rotatable bonds is 3. The van der Waals surface area contributed by atoms with Crippen molar-refractivity contribution >= 4 is 0 Å². The van der Waals surface area contributed by atoms with Crippen molar-refractivity contribution in [3.8, 4) is 5.75 Å². The monoisotopic (exact) mass is 242 g/mol. The SMILES string of the molecule is Cn1cccc1CNC1CCOc2ccccc21. The summed E-state index contributed by atoms with van der Waals surface area (Å²) in [6.45, 7) is 1.68. The van der Waals surface area contributed by atoms with Gasteiger partial charge >= 0.3 is 0 Å². The van der Waals surface area contributed by atoms with Crippen molar-refractivity contribution in [2.24, 2.45) is 7.05 Å². The third-order valence-corrected chi connectivity index (χ3v) is 3.54. The number of fused-ring (bicyclic) bond motifs is 1. The third kappa shape index (κ3) is 2.14. The lowest BCUT2D eigenvalue weighted by atomic mass is 10.0. The van der Waals surface area contributed by atoms with Gasteiger partial charge in [-0.05, 0) is 18.2 Å². The number of aryl methyl sites for hydroxylation is 1. The smallest absolute Gasteiger partial charge is 0.124 e. The molecule has 0 fully saturated rings. The first-order chi connectivity index (χ1) is 8.84. The normalized spacial score (nSPS) is 18.2. The van der Waals surface area contributed by atoms with Crippen molar-refractivity contribution in [2.75, 3.05) is 6.61 Å². The minimum Gasteiger partial charge on any atom is -0.493 e. The van der Waals surface area contributed by atoms with E-state index in [1.54, 1.807) is 0 Å². The van der Waals surface area contributed by atoms with Crippen LogP contribution in [0.25, 0.3) is 0 Å². The van der Waals surface area contributed by atoms with Gasteiger partial charge in [-0.2, -0.15) is 0 Å². The van der Waals surface area contributed by atoms with Gasteiger partial charge in [0.05, 0.1) is 6.61 Å². The van der Waals surface area contributed by atoms with Crippen LogP contribution in [0.1, 0.15) is 23.7 Å². The highest BCUT2D eigenvalue weighted by molar-refractivity contribution is 5.37. The molecular formula is C15H18N2O. The molecule has 3 heteroatoms. The number of hydrogen-bond donors (Lipinski definition) is 1. The molecule has 1 aromatic heterocycles. The van der Waals surface area contributed by atoms with Crippen molar-refractivity contribution in [3.63, 3.8) is 0 Å². The minimum absolute atomic E-state index is 0.393. The largest absolute Gasteiger partial charge is 0.493 e. The maximum absolute atomic E-state index is 5.67. The number of nitrogens with zero attached hydrogens (tertiary/aromatic N) is 1. The molecule has 1 aromatic carbocycles. The van der Waals surface area contributed by atoms with Gasteiger partial charge in [-0.1, -0.05) is 18.2 Å². The Bertz CT molecular complexity index is 533. The summed E-state index contributed by atoms with van der Waals surface area (Å²) in [6.07, 6.45) is 3.11. The summed E-state index contributed by atoms with van der Waals surface area (Å²) in [7, 11) is 2.08. The Morgan fingerprint density at radius 3 is 3.00 bits per heavy atom. The summed E-state index contributed by atoms with van der Waals surface area (Å²) in [5.41, 5.74) is 2.58. The van der Waals surface area contributed by atoms with Crippen molar-refractivity contribution in [1.82, 2.24) is 9.88 Å². The highest BCUT2D eigenvalue weighted by Crippen LogP contribution is 2.31. The van der Waals surface area contributed by atoms with E-state index in [-0.39, 0.29) is 0 Å². The first kappa shape index (κ1) is 11.4. The first-order valence-corrected chi connectivity index (χ1v) is 6.40. The van der Waals surface area contributed by atoms with Gasteiger partial charge in [-0.25, -0.2) is 0 Å². The van der Waals surface area contributed by atoms with Crippen LogP contribution < -0.4 is 10.1 Å². The Hall–Kier alpha value is -1.74. The molecule has 0 spiro atoms. The lowest BCUT2D eigenvalue weighted by molar-refractivity contribution is 0.251. The highest BCUT2D eigenvalue weighted by atomic mass is 16.5. The summed E-state index contributed by atoms with van der Waals surface area (Å²) >= 11 is 0. The van der Waals surface area contributed by atoms with Crippen molar-refractivity contribution in [2.45, 2.75) is 19.0 Å². The fourth-order valence-electron chi connectivity index (χ4n) is 2.46. The van der Waals surface area contributed by atoms with E-state index < -0.39 is 0 Å². The Labute approximate surface area is 107 Å². The topological polar surface area (TPSA) is 26.2 Å². The molecule has 0 aliphatic carbocycles. The van der Waals surface area contributed by atoms with E-state index in [9.17, 15) is 0 Å². The third-order valence-electron chi connectivity index (χ3n) is 3.54. The van der Waals surface area contributed by atoms with Gasteiger partial charge in [0.2, 0.25) is 0 Å². The van der Waals surface area contributed by atoms with Crippen molar-refractivity contribution < 1.29 is 4.74 Å². The van der Waals surface area contributed by atoms with E-state index >= 15 is 0 Å². The summed E-state index contributed by atoms with van der Waals surface area (Å²) in [6, 6.07) is 12.9. The van der Waals surface area contributed by atoms with Gasteiger partial charge in [0.15, 0.2) is 0 Å². The Morgan fingerprint density at radius 2 is 2.17 bits per heavy atom. The molecule has 1 aliphatic rings. The fraction of sp³-hybridized carbons (Fsp3) is 0.333. The van der Waals surface area contributed by atoms with Crippen LogP contribution in [0.5, 0.6) is 5.75 Å². The van der Waals surface area contributed by atoms with E-state index in [1.807, 2.05) is 12.1 Å². The van der Waals surface area contributed by atoms with Gasteiger partial charge in [0.1, 0.15) is 5.75 Å². The van der Waals surface area contributed by atoms with E-state index in [4.69, 9.17) is 4.74 Å². The number of para-hydroxylation sites is 1. The zero-order valence-electron chi connectivity index (χ0n) is 10.6. The zero-order valence-corrected chi connectivity index (χ0v) is 10.6. The molecule has 3 rings (SSSR count). The lowest BCUT2D eigenvalue weighted by Gasteiger charge is -2.26. The van der Waals surface area contributed by atoms with Crippen LogP contribution >= 0.6 is 0 Å². The van der Waals surface area contributed by atoms with Crippen LogP contribution in [-0.4, -0.2) is 11.2 Å². The molecule has 3 nitrogen and oxygen atoms in total. The second-order valence-electron chi connectivity index (χ2n) is 4.72. The Balaban J connectivity index is 1.73. The van der Waals surface area contributed by atoms with E-state index in [0.717, 1.165) is 25.3 Å². The quantitative estimate of drug-likeness (QED) is 0.895. The average molecular weight is 242 g/mol. The van der Waals surface area contributed by atoms with Crippen LogP contribution in [0.15, 0.2) is 42.6 Å². The van der Waals surface area contributed by atoms with E-state index in [0.29, 0.717) is 6.04 Å².